The molecule has 3 aromatic carbocycles. The molecule has 2 aromatic heterocycles. The van der Waals surface area contributed by atoms with Gasteiger partial charge in [0, 0.05) is 0 Å². The van der Waals surface area contributed by atoms with Crippen molar-refractivity contribution >= 4 is 89.4 Å². The van der Waals surface area contributed by atoms with E-state index in [0.29, 0.717) is 22.3 Å². The van der Waals surface area contributed by atoms with Crippen LogP contribution in [0.2, 0.25) is 29.6 Å². The van der Waals surface area contributed by atoms with Crippen LogP contribution in [-0.4, -0.2) is 54.2 Å². The summed E-state index contributed by atoms with van der Waals surface area (Å²) >= 11 is -3.27. The Labute approximate surface area is 479 Å². The molecule has 0 aliphatic heterocycles. The van der Waals surface area contributed by atoms with Crippen molar-refractivity contribution < 1.29 is 8.78 Å². The fraction of sp³-hybridized carbons (Fsp3) is 0.727. The normalized spacial score (nSPS) is 14.6. The Morgan fingerprint density at radius 1 is 0.342 bits per heavy atom. The summed E-state index contributed by atoms with van der Waals surface area (Å²) in [7, 11) is 0. The molecule has 0 N–H and O–H groups in total. The minimum absolute atomic E-state index is 0.157. The predicted octanol–water partition coefficient (Wildman–Crippen LogP) is 21.7. The number of hydrogen-bond acceptors (Lipinski definition) is 6. The summed E-state index contributed by atoms with van der Waals surface area (Å²) in [5, 5.41) is 0. The van der Waals surface area contributed by atoms with Crippen molar-refractivity contribution in [1.29, 1.82) is 0 Å². The van der Waals surface area contributed by atoms with Gasteiger partial charge in [-0.1, -0.05) is 53.4 Å². The number of nitrogens with zero attached hydrogens (tertiary/aromatic N) is 4. The van der Waals surface area contributed by atoms with E-state index in [2.05, 4.69) is 69.5 Å². The molecule has 0 saturated heterocycles. The number of aromatic nitrogens is 4. The molecule has 0 amide bonds. The van der Waals surface area contributed by atoms with Gasteiger partial charge < -0.3 is 0 Å². The molecule has 2 aliphatic carbocycles. The van der Waals surface area contributed by atoms with Gasteiger partial charge in [0.15, 0.2) is 0 Å². The smallest absolute Gasteiger partial charge is 0.0654 e. The van der Waals surface area contributed by atoms with Gasteiger partial charge in [-0.2, -0.15) is 0 Å². The number of rotatable bonds is 38. The first-order valence-electron chi connectivity index (χ1n) is 31.9. The van der Waals surface area contributed by atoms with Gasteiger partial charge in [0.25, 0.3) is 0 Å². The SMILES string of the molecule is CCCCCCCCCCC1(CCCCCCCCCC)c2c[c]([Sn]([CH3])([CH3])[CH3])c3nsnc3c2-c2c(F)c3c(c(F)c21)-c1c(c[c]([Sn]([CH3])([CH3])[CH3])c2nsnc12)C3(CCCCCCCCCC)CCCCCCCCCC. The second kappa shape index (κ2) is 29.6. The van der Waals surface area contributed by atoms with Crippen LogP contribution in [0.4, 0.5) is 8.78 Å². The topological polar surface area (TPSA) is 51.6 Å². The predicted molar refractivity (Wildman–Crippen MR) is 336 cm³/mol. The molecule has 0 bridgehead atoms. The van der Waals surface area contributed by atoms with E-state index in [4.69, 9.17) is 17.5 Å². The van der Waals surface area contributed by atoms with Crippen LogP contribution in [0, 0.1) is 11.6 Å². The molecule has 5 aromatic rings. The molecule has 422 valence electrons. The standard InChI is InChI=1S/C60H86F2N4S2.6CH3.2Sn/c1-5-9-13-17-21-25-29-33-41-59(42-34-30-26-22-18-14-10-6-2)45-37-39-47-57(65-67-63-47)49(45)51-53(59)55(61)52-50-46(38-40-48-58(50)66-68-64-48)60(54(52)56(51)62,43-35-31-27-23-19-15-11-7-3)44-36-32-28-24-20-16-12-8-4;;;;;;;;/h37-38H,5-36,41-44H2,1-4H3;6*1H3;;. The first-order valence-corrected chi connectivity index (χ1v) is 53.3. The Kier molecular flexibility index (Phi) is 24.3. The van der Waals surface area contributed by atoms with Crippen molar-refractivity contribution in [3.05, 3.63) is 46.0 Å². The zero-order valence-electron chi connectivity index (χ0n) is 50.0. The number of unbranched alkanes of at least 4 members (excludes halogenated alkanes) is 28. The molecule has 76 heavy (non-hydrogen) atoms. The van der Waals surface area contributed by atoms with Crippen LogP contribution < -0.4 is 7.16 Å². The van der Waals surface area contributed by atoms with E-state index in [1.807, 2.05) is 0 Å². The van der Waals surface area contributed by atoms with E-state index in [1.54, 1.807) is 0 Å². The summed E-state index contributed by atoms with van der Waals surface area (Å²) in [4.78, 5) is 14.9. The van der Waals surface area contributed by atoms with Gasteiger partial charge in [0.2, 0.25) is 0 Å². The van der Waals surface area contributed by atoms with Crippen LogP contribution in [0.15, 0.2) is 12.1 Å². The first kappa shape index (κ1) is 62.4. The third-order valence-electron chi connectivity index (χ3n) is 18.4. The second-order valence-corrected chi connectivity index (χ2v) is 56.1. The van der Waals surface area contributed by atoms with Crippen molar-refractivity contribution in [1.82, 2.24) is 17.5 Å². The van der Waals surface area contributed by atoms with E-state index >= 15 is 8.78 Å². The molecular formula is C66H104F2N4S2Sn2. The monoisotopic (exact) mass is 1290 g/mol. The van der Waals surface area contributed by atoms with E-state index < -0.39 is 47.6 Å². The molecule has 0 radical (unpaired) electrons. The molecular weight excluding hydrogens is 1190 g/mol. The van der Waals surface area contributed by atoms with Crippen LogP contribution >= 0.6 is 23.5 Å². The van der Waals surface area contributed by atoms with Crippen molar-refractivity contribution in [3.63, 3.8) is 0 Å². The van der Waals surface area contributed by atoms with Gasteiger partial charge in [-0.25, -0.2) is 0 Å². The Balaban J connectivity index is 1.47. The van der Waals surface area contributed by atoms with E-state index in [9.17, 15) is 0 Å². The Bertz CT molecular complexity index is 2390. The molecule has 0 spiro atoms. The summed E-state index contributed by atoms with van der Waals surface area (Å²) in [5.41, 5.74) is 8.75. The summed E-state index contributed by atoms with van der Waals surface area (Å²) in [6.45, 7) is 9.17. The van der Waals surface area contributed by atoms with Crippen LogP contribution in [0.5, 0.6) is 0 Å². The maximum absolute atomic E-state index is 20.0. The van der Waals surface area contributed by atoms with Gasteiger partial charge in [0.05, 0.1) is 0 Å². The van der Waals surface area contributed by atoms with Gasteiger partial charge in [-0.15, -0.1) is 0 Å². The van der Waals surface area contributed by atoms with Crippen LogP contribution in [0.25, 0.3) is 44.3 Å². The van der Waals surface area contributed by atoms with Gasteiger partial charge in [0.1, 0.15) is 0 Å². The maximum atomic E-state index is 20.0. The van der Waals surface area contributed by atoms with E-state index in [1.165, 1.54) is 196 Å². The van der Waals surface area contributed by atoms with Crippen molar-refractivity contribution in [2.24, 2.45) is 0 Å². The molecule has 4 nitrogen and oxygen atoms in total. The Morgan fingerprint density at radius 2 is 0.579 bits per heavy atom. The quantitative estimate of drug-likeness (QED) is 0.0292. The molecule has 0 unspecified atom stereocenters. The van der Waals surface area contributed by atoms with Crippen molar-refractivity contribution in [2.75, 3.05) is 0 Å². The van der Waals surface area contributed by atoms with Crippen LogP contribution in [-0.2, 0) is 10.8 Å². The van der Waals surface area contributed by atoms with Gasteiger partial charge >= 0.3 is 430 Å². The van der Waals surface area contributed by atoms with Crippen LogP contribution in [0.3, 0.4) is 0 Å². The summed E-state index contributed by atoms with van der Waals surface area (Å²) in [5.74, 6) is -0.314. The second-order valence-electron chi connectivity index (χ2n) is 26.3. The van der Waals surface area contributed by atoms with E-state index in [-0.39, 0.29) is 11.6 Å². The number of hydrogen-bond donors (Lipinski definition) is 0. The fourth-order valence-corrected chi connectivity index (χ4v) is 24.1. The molecule has 2 heterocycles. The number of benzene rings is 3. The average molecular weight is 1290 g/mol. The average Bonchev–Trinajstić information content (AvgIpc) is 4.19. The first-order chi connectivity index (χ1) is 36.7. The number of fused-ring (bicyclic) bond motifs is 10. The molecule has 0 saturated carbocycles. The summed E-state index contributed by atoms with van der Waals surface area (Å²) in [6.07, 6.45) is 42.1. The van der Waals surface area contributed by atoms with Crippen molar-refractivity contribution in [3.8, 4) is 22.3 Å². The zero-order valence-corrected chi connectivity index (χ0v) is 57.3. The molecule has 0 fully saturated rings. The molecule has 2 aliphatic rings. The Morgan fingerprint density at radius 3 is 0.829 bits per heavy atom. The summed E-state index contributed by atoms with van der Waals surface area (Å²) in [6, 6.07) is 4.98. The minimum atomic E-state index is -2.91. The van der Waals surface area contributed by atoms with Crippen LogP contribution in [0.1, 0.15) is 281 Å². The minimum Gasteiger partial charge on any atom is -0.0654 e. The third kappa shape index (κ3) is 14.1. The fourth-order valence-electron chi connectivity index (χ4n) is 14.1. The molecule has 0 atom stereocenters. The van der Waals surface area contributed by atoms with E-state index in [0.717, 1.165) is 110 Å². The number of halogens is 2. The zero-order chi connectivity index (χ0) is 54.4. The van der Waals surface area contributed by atoms with Crippen molar-refractivity contribution in [2.45, 2.75) is 299 Å². The molecule has 7 rings (SSSR count). The third-order valence-corrected chi connectivity index (χ3v) is 30.8. The van der Waals surface area contributed by atoms with Gasteiger partial charge in [-0.3, -0.25) is 0 Å². The Hall–Kier alpha value is -1.24. The van der Waals surface area contributed by atoms with Gasteiger partial charge in [-0.05, 0) is 0 Å². The summed E-state index contributed by atoms with van der Waals surface area (Å²) < 4.78 is 63.3. The molecule has 10 heteroatoms.